The van der Waals surface area contributed by atoms with Crippen LogP contribution in [0.4, 0.5) is 8.78 Å². The lowest BCUT2D eigenvalue weighted by atomic mass is 10.1. The van der Waals surface area contributed by atoms with Crippen molar-refractivity contribution in [3.8, 4) is 23.3 Å². The first-order valence-corrected chi connectivity index (χ1v) is 10.5. The first kappa shape index (κ1) is 17.4. The highest BCUT2D eigenvalue weighted by Gasteiger charge is 2.11. The van der Waals surface area contributed by atoms with Crippen LogP contribution in [0.15, 0.2) is 12.1 Å². The van der Waals surface area contributed by atoms with E-state index in [1.807, 2.05) is 19.6 Å². The van der Waals surface area contributed by atoms with E-state index in [0.29, 0.717) is 18.4 Å². The Morgan fingerprint density at radius 1 is 1.05 bits per heavy atom. The van der Waals surface area contributed by atoms with Gasteiger partial charge in [-0.05, 0) is 25.0 Å². The Labute approximate surface area is 126 Å². The third-order valence-corrected chi connectivity index (χ3v) is 3.42. The molecular formula is C17H20F2OSi. The van der Waals surface area contributed by atoms with E-state index in [0.717, 1.165) is 6.42 Å². The minimum atomic E-state index is -1.68. The van der Waals surface area contributed by atoms with E-state index in [9.17, 15) is 8.78 Å². The Morgan fingerprint density at radius 2 is 1.67 bits per heavy atom. The van der Waals surface area contributed by atoms with Crippen molar-refractivity contribution in [2.24, 2.45) is 0 Å². The molecule has 1 aromatic carbocycles. The quantitative estimate of drug-likeness (QED) is 0.513. The molecule has 0 atom stereocenters. The number of hydrogen-bond donors (Lipinski definition) is 1. The van der Waals surface area contributed by atoms with E-state index in [2.05, 4.69) is 23.3 Å². The van der Waals surface area contributed by atoms with Gasteiger partial charge in [0, 0.05) is 18.6 Å². The summed E-state index contributed by atoms with van der Waals surface area (Å²) in [6.45, 7) is 6.18. The van der Waals surface area contributed by atoms with E-state index >= 15 is 0 Å². The monoisotopic (exact) mass is 306 g/mol. The van der Waals surface area contributed by atoms with Crippen molar-refractivity contribution < 1.29 is 13.9 Å². The third-order valence-electron chi connectivity index (χ3n) is 2.55. The Kier molecular flexibility index (Phi) is 6.62. The summed E-state index contributed by atoms with van der Waals surface area (Å²) < 4.78 is 27.8. The molecule has 0 saturated heterocycles. The molecule has 21 heavy (non-hydrogen) atoms. The highest BCUT2D eigenvalue weighted by Crippen LogP contribution is 2.14. The molecule has 1 nitrogen and oxygen atoms in total. The van der Waals surface area contributed by atoms with E-state index in [4.69, 9.17) is 5.11 Å². The lowest BCUT2D eigenvalue weighted by Crippen LogP contribution is -2.16. The lowest BCUT2D eigenvalue weighted by Gasteiger charge is -2.04. The van der Waals surface area contributed by atoms with Crippen LogP contribution in [0, 0.1) is 34.9 Å². The second-order valence-corrected chi connectivity index (χ2v) is 10.5. The molecule has 0 fully saturated rings. The van der Waals surface area contributed by atoms with Gasteiger partial charge in [-0.15, -0.1) is 5.54 Å². The molecule has 1 aromatic rings. The number of aliphatic hydroxyl groups excluding tert-OH is 1. The smallest absolute Gasteiger partial charge is 0.143 e. The number of benzene rings is 1. The van der Waals surface area contributed by atoms with E-state index < -0.39 is 19.7 Å². The van der Waals surface area contributed by atoms with E-state index in [1.165, 1.54) is 12.1 Å². The zero-order valence-electron chi connectivity index (χ0n) is 12.7. The summed E-state index contributed by atoms with van der Waals surface area (Å²) in [6.07, 6.45) is 2.05. The van der Waals surface area contributed by atoms with Crippen molar-refractivity contribution in [2.45, 2.75) is 38.9 Å². The van der Waals surface area contributed by atoms with Gasteiger partial charge in [0.2, 0.25) is 0 Å². The fourth-order valence-electron chi connectivity index (χ4n) is 1.50. The summed E-state index contributed by atoms with van der Waals surface area (Å²) in [4.78, 5) is 0. The van der Waals surface area contributed by atoms with Gasteiger partial charge >= 0.3 is 0 Å². The minimum Gasteiger partial charge on any atom is -0.396 e. The fourth-order valence-corrected chi connectivity index (χ4v) is 2.00. The maximum Gasteiger partial charge on any atom is 0.143 e. The van der Waals surface area contributed by atoms with Crippen molar-refractivity contribution in [3.63, 3.8) is 0 Å². The number of halogens is 2. The van der Waals surface area contributed by atoms with Crippen LogP contribution in [0.2, 0.25) is 19.6 Å². The number of hydrogen-bond acceptors (Lipinski definition) is 1. The van der Waals surface area contributed by atoms with Crippen molar-refractivity contribution in [1.29, 1.82) is 0 Å². The van der Waals surface area contributed by atoms with Crippen molar-refractivity contribution >= 4 is 8.07 Å². The maximum atomic E-state index is 13.9. The molecule has 0 spiro atoms. The molecule has 1 N–H and O–H groups in total. The molecule has 0 bridgehead atoms. The molecule has 0 saturated carbocycles. The van der Waals surface area contributed by atoms with Crippen molar-refractivity contribution in [2.75, 3.05) is 6.61 Å². The SMILES string of the molecule is C[Si](C)(C)C#Cc1c(F)cc(C#CCCCCO)cc1F. The molecule has 0 radical (unpaired) electrons. The van der Waals surface area contributed by atoms with Gasteiger partial charge < -0.3 is 5.11 Å². The van der Waals surface area contributed by atoms with E-state index in [1.54, 1.807) is 0 Å². The molecule has 4 heteroatoms. The Morgan fingerprint density at radius 3 is 2.19 bits per heavy atom. The summed E-state index contributed by atoms with van der Waals surface area (Å²) in [6, 6.07) is 2.44. The molecule has 0 heterocycles. The summed E-state index contributed by atoms with van der Waals surface area (Å²) in [5, 5.41) is 8.64. The number of rotatable bonds is 3. The van der Waals surface area contributed by atoms with Crippen LogP contribution in [0.1, 0.15) is 30.4 Å². The average Bonchev–Trinajstić information content (AvgIpc) is 2.36. The van der Waals surface area contributed by atoms with Gasteiger partial charge in [-0.25, -0.2) is 8.78 Å². The highest BCUT2D eigenvalue weighted by molar-refractivity contribution is 6.83. The standard InChI is InChI=1S/C17H20F2OSi/c1-21(2,3)11-9-15-16(18)12-14(13-17(15)19)8-6-4-5-7-10-20/h12-13,20H,4-5,7,10H2,1-3H3. The molecule has 0 aliphatic heterocycles. The van der Waals surface area contributed by atoms with Crippen LogP contribution in [-0.4, -0.2) is 19.8 Å². The largest absolute Gasteiger partial charge is 0.396 e. The van der Waals surface area contributed by atoms with Gasteiger partial charge in [-0.2, -0.15) is 0 Å². The molecule has 0 unspecified atom stereocenters. The third kappa shape index (κ3) is 6.58. The maximum absolute atomic E-state index is 13.9. The molecule has 0 aromatic heterocycles. The molecule has 0 aliphatic carbocycles. The average molecular weight is 306 g/mol. The van der Waals surface area contributed by atoms with Gasteiger partial charge in [0.15, 0.2) is 0 Å². The normalized spacial score (nSPS) is 10.4. The van der Waals surface area contributed by atoms with Gasteiger partial charge in [-0.1, -0.05) is 37.4 Å². The summed E-state index contributed by atoms with van der Waals surface area (Å²) in [5.41, 5.74) is 3.09. The first-order valence-electron chi connectivity index (χ1n) is 6.95. The second kappa shape index (κ2) is 7.98. The van der Waals surface area contributed by atoms with Crippen LogP contribution in [0.25, 0.3) is 0 Å². The highest BCUT2D eigenvalue weighted by atomic mass is 28.3. The Balaban J connectivity index is 2.91. The topological polar surface area (TPSA) is 20.2 Å². The van der Waals surface area contributed by atoms with Crippen LogP contribution < -0.4 is 0 Å². The molecule has 0 aliphatic rings. The molecule has 0 amide bonds. The van der Waals surface area contributed by atoms with Crippen LogP contribution >= 0.6 is 0 Å². The van der Waals surface area contributed by atoms with Gasteiger partial charge in [0.05, 0.1) is 5.56 Å². The lowest BCUT2D eigenvalue weighted by molar-refractivity contribution is 0.285. The fraction of sp³-hybridized carbons (Fsp3) is 0.412. The zero-order chi connectivity index (χ0) is 15.9. The number of unbranched alkanes of at least 4 members (excludes halogenated alkanes) is 2. The number of aliphatic hydroxyl groups is 1. The molecule has 1 rings (SSSR count). The second-order valence-electron chi connectivity index (χ2n) is 5.80. The first-order chi connectivity index (χ1) is 9.83. The van der Waals surface area contributed by atoms with E-state index in [-0.39, 0.29) is 12.2 Å². The zero-order valence-corrected chi connectivity index (χ0v) is 13.7. The minimum absolute atomic E-state index is 0.134. The predicted molar refractivity (Wildman–Crippen MR) is 84.4 cm³/mol. The van der Waals surface area contributed by atoms with Crippen molar-refractivity contribution in [3.05, 3.63) is 34.9 Å². The van der Waals surface area contributed by atoms with Gasteiger partial charge in [0.1, 0.15) is 19.7 Å². The summed E-state index contributed by atoms with van der Waals surface area (Å²) >= 11 is 0. The summed E-state index contributed by atoms with van der Waals surface area (Å²) in [5.74, 6) is 6.86. The van der Waals surface area contributed by atoms with Crippen molar-refractivity contribution in [1.82, 2.24) is 0 Å². The Hall–Kier alpha value is -1.62. The predicted octanol–water partition coefficient (Wildman–Crippen LogP) is 3.71. The van der Waals surface area contributed by atoms with Gasteiger partial charge in [-0.3, -0.25) is 0 Å². The molecule has 112 valence electrons. The van der Waals surface area contributed by atoms with Crippen LogP contribution in [-0.2, 0) is 0 Å². The molecular weight excluding hydrogens is 286 g/mol. The van der Waals surface area contributed by atoms with Crippen LogP contribution in [0.3, 0.4) is 0 Å². The van der Waals surface area contributed by atoms with Gasteiger partial charge in [0.25, 0.3) is 0 Å². The summed E-state index contributed by atoms with van der Waals surface area (Å²) in [7, 11) is -1.68. The van der Waals surface area contributed by atoms with Crippen LogP contribution in [0.5, 0.6) is 0 Å². The Bertz CT molecular complexity index is 587.